The minimum Gasteiger partial charge on any atom is -0.494 e. The predicted molar refractivity (Wildman–Crippen MR) is 111 cm³/mol. The van der Waals surface area contributed by atoms with Crippen LogP contribution in [0.3, 0.4) is 0 Å². The van der Waals surface area contributed by atoms with E-state index in [4.69, 9.17) is 9.47 Å². The van der Waals surface area contributed by atoms with E-state index in [1.807, 2.05) is 30.3 Å². The number of ether oxygens (including phenoxy) is 2. The van der Waals surface area contributed by atoms with Crippen LogP contribution in [0.25, 0.3) is 0 Å². The third-order valence-electron chi connectivity index (χ3n) is 4.85. The van der Waals surface area contributed by atoms with E-state index in [2.05, 4.69) is 12.2 Å². The molecule has 0 saturated carbocycles. The SMILES string of the molecule is CCOC(=O)c1c(NC(=O)CCCOc2ccccc2)sc2c1C(C)CCC2. The molecule has 6 heteroatoms. The number of carbonyl (C=O) groups is 2. The molecule has 1 aliphatic rings. The molecule has 0 spiro atoms. The van der Waals surface area contributed by atoms with Gasteiger partial charge in [-0.1, -0.05) is 25.1 Å². The van der Waals surface area contributed by atoms with Crippen LogP contribution < -0.4 is 10.1 Å². The Morgan fingerprint density at radius 2 is 2.04 bits per heavy atom. The summed E-state index contributed by atoms with van der Waals surface area (Å²) in [5, 5.41) is 3.58. The van der Waals surface area contributed by atoms with Crippen molar-refractivity contribution in [2.45, 2.75) is 51.9 Å². The molecular formula is C22H27NO4S. The lowest BCUT2D eigenvalue weighted by Gasteiger charge is -2.19. The topological polar surface area (TPSA) is 64.6 Å². The second-order valence-corrected chi connectivity index (χ2v) is 8.08. The first kappa shape index (κ1) is 20.4. The van der Waals surface area contributed by atoms with Crippen molar-refractivity contribution in [3.05, 3.63) is 46.3 Å². The van der Waals surface area contributed by atoms with Crippen LogP contribution in [0.15, 0.2) is 30.3 Å². The van der Waals surface area contributed by atoms with E-state index in [1.54, 1.807) is 6.92 Å². The molecule has 1 aromatic carbocycles. The lowest BCUT2D eigenvalue weighted by Crippen LogP contribution is -2.17. The summed E-state index contributed by atoms with van der Waals surface area (Å²) in [6.07, 6.45) is 4.07. The number of hydrogen-bond donors (Lipinski definition) is 1. The number of rotatable bonds is 8. The van der Waals surface area contributed by atoms with E-state index in [0.29, 0.717) is 42.5 Å². The molecule has 1 aliphatic carbocycles. The first-order valence-corrected chi connectivity index (χ1v) is 10.7. The average molecular weight is 402 g/mol. The van der Waals surface area contributed by atoms with Crippen molar-refractivity contribution in [1.29, 1.82) is 0 Å². The molecule has 0 aliphatic heterocycles. The number of fused-ring (bicyclic) bond motifs is 1. The van der Waals surface area contributed by atoms with Crippen molar-refractivity contribution in [3.8, 4) is 5.75 Å². The highest BCUT2D eigenvalue weighted by Gasteiger charge is 2.30. The number of esters is 1. The van der Waals surface area contributed by atoms with Gasteiger partial charge in [0, 0.05) is 11.3 Å². The summed E-state index contributed by atoms with van der Waals surface area (Å²) in [6.45, 7) is 4.73. The minimum absolute atomic E-state index is 0.103. The number of amides is 1. The van der Waals surface area contributed by atoms with E-state index < -0.39 is 0 Å². The Hall–Kier alpha value is -2.34. The zero-order chi connectivity index (χ0) is 19.9. The van der Waals surface area contributed by atoms with E-state index in [9.17, 15) is 9.59 Å². The molecule has 150 valence electrons. The van der Waals surface area contributed by atoms with Crippen LogP contribution in [0.5, 0.6) is 5.75 Å². The molecular weight excluding hydrogens is 374 g/mol. The van der Waals surface area contributed by atoms with E-state index in [-0.39, 0.29) is 11.9 Å². The maximum atomic E-state index is 12.6. The summed E-state index contributed by atoms with van der Waals surface area (Å²) in [4.78, 5) is 26.2. The Balaban J connectivity index is 1.62. The molecule has 3 rings (SSSR count). The molecule has 0 fully saturated rings. The Morgan fingerprint density at radius 1 is 1.25 bits per heavy atom. The molecule has 0 bridgehead atoms. The number of benzene rings is 1. The van der Waals surface area contributed by atoms with Gasteiger partial charge in [-0.3, -0.25) is 4.79 Å². The molecule has 1 N–H and O–H groups in total. The number of nitrogens with one attached hydrogen (secondary N) is 1. The van der Waals surface area contributed by atoms with Crippen LogP contribution in [-0.4, -0.2) is 25.1 Å². The van der Waals surface area contributed by atoms with Gasteiger partial charge in [-0.15, -0.1) is 11.3 Å². The van der Waals surface area contributed by atoms with Crippen LogP contribution in [0.4, 0.5) is 5.00 Å². The lowest BCUT2D eigenvalue weighted by atomic mass is 9.86. The zero-order valence-electron chi connectivity index (χ0n) is 16.5. The van der Waals surface area contributed by atoms with Gasteiger partial charge in [-0.05, 0) is 56.2 Å². The summed E-state index contributed by atoms with van der Waals surface area (Å²) in [7, 11) is 0. The maximum Gasteiger partial charge on any atom is 0.341 e. The van der Waals surface area contributed by atoms with Gasteiger partial charge in [-0.2, -0.15) is 0 Å². The normalized spacial score (nSPS) is 15.6. The van der Waals surface area contributed by atoms with Gasteiger partial charge >= 0.3 is 5.97 Å². The summed E-state index contributed by atoms with van der Waals surface area (Å²) < 4.78 is 10.9. The van der Waals surface area contributed by atoms with Gasteiger partial charge in [0.1, 0.15) is 10.8 Å². The molecule has 5 nitrogen and oxygen atoms in total. The van der Waals surface area contributed by atoms with Crippen LogP contribution in [-0.2, 0) is 16.0 Å². The van der Waals surface area contributed by atoms with Crippen molar-refractivity contribution < 1.29 is 19.1 Å². The minimum atomic E-state index is -0.337. The number of para-hydroxylation sites is 1. The lowest BCUT2D eigenvalue weighted by molar-refractivity contribution is -0.116. The number of anilines is 1. The van der Waals surface area contributed by atoms with Gasteiger partial charge in [0.2, 0.25) is 5.91 Å². The molecule has 1 unspecified atom stereocenters. The quantitative estimate of drug-likeness (QED) is 0.490. The second-order valence-electron chi connectivity index (χ2n) is 6.97. The van der Waals surface area contributed by atoms with Crippen molar-refractivity contribution >= 4 is 28.2 Å². The van der Waals surface area contributed by atoms with E-state index in [1.165, 1.54) is 16.2 Å². The molecule has 28 heavy (non-hydrogen) atoms. The third-order valence-corrected chi connectivity index (χ3v) is 6.03. The van der Waals surface area contributed by atoms with Crippen molar-refractivity contribution in [2.24, 2.45) is 0 Å². The molecule has 1 aromatic heterocycles. The molecule has 0 saturated heterocycles. The first-order chi connectivity index (χ1) is 13.6. The molecule has 2 aromatic rings. The van der Waals surface area contributed by atoms with Crippen molar-refractivity contribution in [2.75, 3.05) is 18.5 Å². The molecule has 1 atom stereocenters. The fraction of sp³-hybridized carbons (Fsp3) is 0.455. The Morgan fingerprint density at radius 3 is 2.79 bits per heavy atom. The maximum absolute atomic E-state index is 12.6. The summed E-state index contributed by atoms with van der Waals surface area (Å²) >= 11 is 1.52. The highest BCUT2D eigenvalue weighted by atomic mass is 32.1. The number of hydrogen-bond acceptors (Lipinski definition) is 5. The zero-order valence-corrected chi connectivity index (χ0v) is 17.3. The van der Waals surface area contributed by atoms with Crippen LogP contribution in [0.1, 0.15) is 66.2 Å². The highest BCUT2D eigenvalue weighted by molar-refractivity contribution is 7.17. The van der Waals surface area contributed by atoms with Crippen molar-refractivity contribution in [3.63, 3.8) is 0 Å². The highest BCUT2D eigenvalue weighted by Crippen LogP contribution is 2.43. The van der Waals surface area contributed by atoms with E-state index in [0.717, 1.165) is 30.6 Å². The van der Waals surface area contributed by atoms with Gasteiger partial charge < -0.3 is 14.8 Å². The number of carbonyl (C=O) groups excluding carboxylic acids is 2. The number of thiophene rings is 1. The van der Waals surface area contributed by atoms with Gasteiger partial charge in [-0.25, -0.2) is 4.79 Å². The summed E-state index contributed by atoms with van der Waals surface area (Å²) in [6, 6.07) is 9.55. The summed E-state index contributed by atoms with van der Waals surface area (Å²) in [5.41, 5.74) is 1.63. The smallest absolute Gasteiger partial charge is 0.341 e. The van der Waals surface area contributed by atoms with Gasteiger partial charge in [0.25, 0.3) is 0 Å². The van der Waals surface area contributed by atoms with Crippen LogP contribution in [0.2, 0.25) is 0 Å². The van der Waals surface area contributed by atoms with Crippen LogP contribution in [0, 0.1) is 0 Å². The predicted octanol–water partition coefficient (Wildman–Crippen LogP) is 5.16. The molecule has 0 radical (unpaired) electrons. The fourth-order valence-electron chi connectivity index (χ4n) is 3.53. The monoisotopic (exact) mass is 401 g/mol. The standard InChI is InChI=1S/C22H27NO4S/c1-3-26-22(25)20-19-15(2)9-7-12-17(19)28-21(20)23-18(24)13-8-14-27-16-10-5-4-6-11-16/h4-6,10-11,15H,3,7-9,12-14H2,1-2H3,(H,23,24). The Kier molecular flexibility index (Phi) is 7.09. The number of aryl methyl sites for hydroxylation is 1. The van der Waals surface area contributed by atoms with Crippen LogP contribution >= 0.6 is 11.3 Å². The Labute approximate surface area is 170 Å². The molecule has 1 amide bonds. The fourth-order valence-corrected chi connectivity index (χ4v) is 4.90. The average Bonchev–Trinajstić information content (AvgIpc) is 3.05. The van der Waals surface area contributed by atoms with Crippen molar-refractivity contribution in [1.82, 2.24) is 0 Å². The first-order valence-electron chi connectivity index (χ1n) is 9.90. The van der Waals surface area contributed by atoms with Gasteiger partial charge in [0.05, 0.1) is 18.8 Å². The summed E-state index contributed by atoms with van der Waals surface area (Å²) in [5.74, 6) is 0.668. The van der Waals surface area contributed by atoms with Gasteiger partial charge in [0.15, 0.2) is 0 Å². The van der Waals surface area contributed by atoms with E-state index >= 15 is 0 Å². The largest absolute Gasteiger partial charge is 0.494 e. The third kappa shape index (κ3) is 4.93. The second kappa shape index (κ2) is 9.73. The Bertz CT molecular complexity index is 815. The molecule has 1 heterocycles.